The average molecular weight is 429 g/mol. The molecule has 0 saturated carbocycles. The van der Waals surface area contributed by atoms with E-state index in [2.05, 4.69) is 0 Å². The van der Waals surface area contributed by atoms with Crippen LogP contribution in [0.5, 0.6) is 11.5 Å². The highest BCUT2D eigenvalue weighted by Crippen LogP contribution is 2.21. The fraction of sp³-hybridized carbons (Fsp3) is 0.429. The topological polar surface area (TPSA) is 88.4 Å². The minimum absolute atomic E-state index is 0.00537. The van der Waals surface area contributed by atoms with Gasteiger partial charge in [0.25, 0.3) is 0 Å². The van der Waals surface area contributed by atoms with Crippen molar-refractivity contribution in [3.63, 3.8) is 0 Å². The molecule has 0 saturated heterocycles. The zero-order valence-electron chi connectivity index (χ0n) is 16.3. The van der Waals surface area contributed by atoms with Gasteiger partial charge >= 0.3 is 0 Å². The number of halogens is 2. The van der Waals surface area contributed by atoms with Crippen molar-refractivity contribution in [2.75, 3.05) is 13.2 Å². The first-order valence-electron chi connectivity index (χ1n) is 9.24. The summed E-state index contributed by atoms with van der Waals surface area (Å²) in [6, 6.07) is 11.0. The summed E-state index contributed by atoms with van der Waals surface area (Å²) >= 11 is 5.68. The molecule has 3 N–H and O–H groups in total. The summed E-state index contributed by atoms with van der Waals surface area (Å²) in [5.74, 6) is -0.119. The Hall–Kier alpha value is -1.90. The summed E-state index contributed by atoms with van der Waals surface area (Å²) < 4.78 is 30.0. The lowest BCUT2D eigenvalue weighted by Gasteiger charge is -2.22. The molecule has 2 aromatic rings. The number of benzene rings is 2. The zero-order valence-corrected chi connectivity index (χ0v) is 17.1. The molecular weight excluding hydrogens is 403 g/mol. The van der Waals surface area contributed by atoms with Gasteiger partial charge in [0.1, 0.15) is 31.2 Å². The van der Waals surface area contributed by atoms with Gasteiger partial charge in [-0.2, -0.15) is 0 Å². The van der Waals surface area contributed by atoms with Gasteiger partial charge in [-0.05, 0) is 49.7 Å². The van der Waals surface area contributed by atoms with Crippen molar-refractivity contribution in [2.45, 2.75) is 44.9 Å². The summed E-state index contributed by atoms with van der Waals surface area (Å²) in [6.07, 6.45) is -3.21. The minimum atomic E-state index is -1.60. The summed E-state index contributed by atoms with van der Waals surface area (Å²) in [5, 5.41) is 29.2. The second-order valence-electron chi connectivity index (χ2n) is 6.84. The molecule has 29 heavy (non-hydrogen) atoms. The molecule has 8 heteroatoms. The van der Waals surface area contributed by atoms with Crippen LogP contribution in [-0.4, -0.2) is 53.1 Å². The van der Waals surface area contributed by atoms with Crippen LogP contribution in [0.25, 0.3) is 0 Å². The van der Waals surface area contributed by atoms with E-state index in [-0.39, 0.29) is 36.5 Å². The van der Waals surface area contributed by atoms with E-state index in [1.807, 2.05) is 19.9 Å². The van der Waals surface area contributed by atoms with E-state index >= 15 is 0 Å². The summed E-state index contributed by atoms with van der Waals surface area (Å²) in [7, 11) is 0. The molecule has 0 fully saturated rings. The van der Waals surface area contributed by atoms with Crippen molar-refractivity contribution >= 4 is 11.6 Å². The molecule has 0 amide bonds. The molecular formula is C21H26ClFO6. The Bertz CT molecular complexity index is 771. The van der Waals surface area contributed by atoms with Crippen LogP contribution in [0.15, 0.2) is 42.5 Å². The van der Waals surface area contributed by atoms with Crippen LogP contribution < -0.4 is 9.47 Å². The highest BCUT2D eigenvalue weighted by molar-refractivity contribution is 6.30. The molecule has 0 aromatic heterocycles. The van der Waals surface area contributed by atoms with Crippen molar-refractivity contribution in [3.8, 4) is 11.5 Å². The molecule has 0 spiro atoms. The van der Waals surface area contributed by atoms with E-state index < -0.39 is 24.3 Å². The Labute approximate surface area is 174 Å². The highest BCUT2D eigenvalue weighted by Gasteiger charge is 2.19. The van der Waals surface area contributed by atoms with E-state index in [1.54, 1.807) is 18.2 Å². The van der Waals surface area contributed by atoms with Crippen LogP contribution in [0.2, 0.25) is 5.02 Å². The summed E-state index contributed by atoms with van der Waals surface area (Å²) in [6.45, 7) is 3.41. The van der Waals surface area contributed by atoms with Gasteiger partial charge in [-0.15, -0.1) is 0 Å². The number of ether oxygens (including phenoxy) is 3. The first-order valence-corrected chi connectivity index (χ1v) is 9.61. The molecule has 160 valence electrons. The minimum Gasteiger partial charge on any atom is -0.491 e. The third-order valence-electron chi connectivity index (χ3n) is 3.88. The molecule has 1 unspecified atom stereocenters. The summed E-state index contributed by atoms with van der Waals surface area (Å²) in [4.78, 5) is 0. The Morgan fingerprint density at radius 3 is 2.38 bits per heavy atom. The van der Waals surface area contributed by atoms with Crippen LogP contribution in [0.3, 0.4) is 0 Å². The largest absolute Gasteiger partial charge is 0.491 e. The SMILES string of the molecule is CC(C)O[C@@H](Cc1cccc(OCC(O)COc2ccc(Cl)cc2F)c1)C(O)O. The van der Waals surface area contributed by atoms with E-state index in [0.717, 1.165) is 11.6 Å². The zero-order chi connectivity index (χ0) is 21.4. The van der Waals surface area contributed by atoms with Crippen molar-refractivity contribution in [1.29, 1.82) is 0 Å². The van der Waals surface area contributed by atoms with Crippen molar-refractivity contribution in [1.82, 2.24) is 0 Å². The standard InChI is InChI=1S/C21H26ClFO6/c1-13(2)29-20(21(25)26)9-14-4-3-5-17(8-14)27-11-16(24)12-28-19-7-6-15(22)10-18(19)23/h3-8,10,13,16,20-21,24-26H,9,11-12H2,1-2H3/t16?,20-/m0/s1. The predicted octanol–water partition coefficient (Wildman–Crippen LogP) is 2.94. The maximum Gasteiger partial charge on any atom is 0.178 e. The molecule has 0 heterocycles. The van der Waals surface area contributed by atoms with Crippen molar-refractivity contribution in [3.05, 3.63) is 58.9 Å². The smallest absolute Gasteiger partial charge is 0.178 e. The monoisotopic (exact) mass is 428 g/mol. The quantitative estimate of drug-likeness (QED) is 0.477. The fourth-order valence-electron chi connectivity index (χ4n) is 2.59. The van der Waals surface area contributed by atoms with Crippen LogP contribution in [-0.2, 0) is 11.2 Å². The Morgan fingerprint density at radius 1 is 1.00 bits per heavy atom. The lowest BCUT2D eigenvalue weighted by molar-refractivity contribution is -0.157. The van der Waals surface area contributed by atoms with Crippen LogP contribution in [0.1, 0.15) is 19.4 Å². The van der Waals surface area contributed by atoms with Crippen molar-refractivity contribution < 1.29 is 33.9 Å². The average Bonchev–Trinajstić information content (AvgIpc) is 2.65. The first-order chi connectivity index (χ1) is 13.7. The second kappa shape index (κ2) is 11.3. The fourth-order valence-corrected chi connectivity index (χ4v) is 2.75. The molecule has 0 bridgehead atoms. The third kappa shape index (κ3) is 8.16. The number of hydrogen-bond acceptors (Lipinski definition) is 6. The van der Waals surface area contributed by atoms with Gasteiger partial charge in [0.05, 0.1) is 6.10 Å². The van der Waals surface area contributed by atoms with Crippen molar-refractivity contribution in [2.24, 2.45) is 0 Å². The Balaban J connectivity index is 1.86. The third-order valence-corrected chi connectivity index (χ3v) is 4.12. The maximum absolute atomic E-state index is 13.7. The van der Waals surface area contributed by atoms with Gasteiger partial charge in [0, 0.05) is 11.4 Å². The first kappa shape index (κ1) is 23.4. The predicted molar refractivity (Wildman–Crippen MR) is 107 cm³/mol. The molecule has 0 radical (unpaired) electrons. The van der Waals surface area contributed by atoms with Gasteiger partial charge in [0.2, 0.25) is 0 Å². The van der Waals surface area contributed by atoms with Crippen LogP contribution in [0, 0.1) is 5.82 Å². The molecule has 6 nitrogen and oxygen atoms in total. The normalized spacial score (nSPS) is 13.6. The molecule has 0 aliphatic rings. The Morgan fingerprint density at radius 2 is 1.72 bits per heavy atom. The molecule has 0 aliphatic carbocycles. The van der Waals surface area contributed by atoms with Crippen LogP contribution in [0.4, 0.5) is 4.39 Å². The summed E-state index contributed by atoms with van der Waals surface area (Å²) in [5.41, 5.74) is 0.787. The number of hydrogen-bond donors (Lipinski definition) is 3. The van der Waals surface area contributed by atoms with Gasteiger partial charge in [-0.3, -0.25) is 0 Å². The second-order valence-corrected chi connectivity index (χ2v) is 7.28. The van der Waals surface area contributed by atoms with Gasteiger partial charge in [-0.25, -0.2) is 4.39 Å². The molecule has 0 aliphatic heterocycles. The molecule has 2 atom stereocenters. The Kier molecular flexibility index (Phi) is 9.13. The van der Waals surface area contributed by atoms with E-state index in [1.165, 1.54) is 12.1 Å². The number of aliphatic hydroxyl groups is 3. The van der Waals surface area contributed by atoms with Crippen LogP contribution >= 0.6 is 11.6 Å². The number of rotatable bonds is 11. The lowest BCUT2D eigenvalue weighted by atomic mass is 10.1. The lowest BCUT2D eigenvalue weighted by Crippen LogP contribution is -2.33. The molecule has 2 aromatic carbocycles. The van der Waals surface area contributed by atoms with Gasteiger partial charge in [0.15, 0.2) is 17.9 Å². The van der Waals surface area contributed by atoms with Gasteiger partial charge < -0.3 is 29.5 Å². The maximum atomic E-state index is 13.7. The van der Waals surface area contributed by atoms with E-state index in [0.29, 0.717) is 5.75 Å². The highest BCUT2D eigenvalue weighted by atomic mass is 35.5. The molecule has 2 rings (SSSR count). The van der Waals surface area contributed by atoms with E-state index in [4.69, 9.17) is 25.8 Å². The van der Waals surface area contributed by atoms with Gasteiger partial charge in [-0.1, -0.05) is 23.7 Å². The van der Waals surface area contributed by atoms with E-state index in [9.17, 15) is 19.7 Å². The number of aliphatic hydroxyl groups excluding tert-OH is 2.